The van der Waals surface area contributed by atoms with Gasteiger partial charge in [0.05, 0.1) is 0 Å². The molecule has 2 aromatic rings. The number of anilines is 1. The molecule has 1 aromatic carbocycles. The number of nitrogens with two attached hydrogens (primary N) is 1. The lowest BCUT2D eigenvalue weighted by molar-refractivity contribution is 0.250. The van der Waals surface area contributed by atoms with Crippen LogP contribution in [0.4, 0.5) is 5.00 Å². The van der Waals surface area contributed by atoms with Gasteiger partial charge in [-0.25, -0.2) is 0 Å². The van der Waals surface area contributed by atoms with E-state index in [0.717, 1.165) is 16.3 Å². The van der Waals surface area contributed by atoms with E-state index in [1.165, 1.54) is 11.5 Å². The molecule has 0 radical (unpaired) electrons. The number of nitrogen functional groups attached to an aromatic ring is 1. The van der Waals surface area contributed by atoms with Gasteiger partial charge < -0.3 is 5.73 Å². The smallest absolute Gasteiger partial charge is 0.132 e. The van der Waals surface area contributed by atoms with Gasteiger partial charge in [0.15, 0.2) is 0 Å². The van der Waals surface area contributed by atoms with Crippen LogP contribution in [0.5, 0.6) is 0 Å². The van der Waals surface area contributed by atoms with Crippen molar-refractivity contribution in [2.75, 3.05) is 12.8 Å². The number of hydrogen-bond acceptors (Lipinski definition) is 5. The molecule has 0 aliphatic carbocycles. The Bertz CT molecular complexity index is 528. The lowest BCUT2D eigenvalue weighted by Crippen LogP contribution is -2.22. The van der Waals surface area contributed by atoms with E-state index in [4.69, 9.17) is 17.3 Å². The zero-order chi connectivity index (χ0) is 13.1. The Morgan fingerprint density at radius 3 is 2.78 bits per heavy atom. The second kappa shape index (κ2) is 5.65. The Labute approximate surface area is 116 Å². The number of benzene rings is 1. The molecule has 1 unspecified atom stereocenters. The summed E-state index contributed by atoms with van der Waals surface area (Å²) in [5.41, 5.74) is 7.72. The fraction of sp³-hybridized carbons (Fsp3) is 0.333. The third kappa shape index (κ3) is 2.80. The van der Waals surface area contributed by atoms with E-state index >= 15 is 0 Å². The van der Waals surface area contributed by atoms with Crippen LogP contribution in [0.15, 0.2) is 24.3 Å². The molecule has 96 valence electrons. The van der Waals surface area contributed by atoms with Crippen molar-refractivity contribution in [2.24, 2.45) is 0 Å². The predicted octanol–water partition coefficient (Wildman–Crippen LogP) is 2.97. The maximum Gasteiger partial charge on any atom is 0.132 e. The molecular weight excluding hydrogens is 268 g/mol. The van der Waals surface area contributed by atoms with E-state index < -0.39 is 0 Å². The third-order valence-corrected chi connectivity index (χ3v) is 3.94. The first-order valence-electron chi connectivity index (χ1n) is 5.61. The van der Waals surface area contributed by atoms with E-state index in [0.29, 0.717) is 11.5 Å². The first kappa shape index (κ1) is 13.3. The summed E-state index contributed by atoms with van der Waals surface area (Å²) >= 11 is 7.42. The SMILES string of the molecule is CC(c1ccccc1Cl)N(C)Cc1nnsc1N. The fourth-order valence-corrected chi connectivity index (χ4v) is 2.48. The van der Waals surface area contributed by atoms with Crippen LogP contribution < -0.4 is 5.73 Å². The Kier molecular flexibility index (Phi) is 4.16. The normalized spacial score (nSPS) is 12.9. The topological polar surface area (TPSA) is 55.0 Å². The Hall–Kier alpha value is -1.17. The van der Waals surface area contributed by atoms with E-state index in [1.807, 2.05) is 31.3 Å². The highest BCUT2D eigenvalue weighted by atomic mass is 35.5. The van der Waals surface area contributed by atoms with Crippen LogP contribution in [0.25, 0.3) is 0 Å². The lowest BCUT2D eigenvalue weighted by Gasteiger charge is -2.25. The molecule has 0 amide bonds. The molecule has 1 heterocycles. The van der Waals surface area contributed by atoms with Gasteiger partial charge in [0.1, 0.15) is 10.7 Å². The Balaban J connectivity index is 2.12. The van der Waals surface area contributed by atoms with Gasteiger partial charge in [0.2, 0.25) is 0 Å². The number of aromatic nitrogens is 2. The third-order valence-electron chi connectivity index (χ3n) is 3.00. The summed E-state index contributed by atoms with van der Waals surface area (Å²) in [6.07, 6.45) is 0. The van der Waals surface area contributed by atoms with Crippen LogP contribution in [-0.4, -0.2) is 21.5 Å². The maximum absolute atomic E-state index is 6.20. The minimum atomic E-state index is 0.194. The molecular formula is C12H15ClN4S. The highest BCUT2D eigenvalue weighted by Gasteiger charge is 2.16. The van der Waals surface area contributed by atoms with E-state index in [1.54, 1.807) is 0 Å². The van der Waals surface area contributed by atoms with Crippen molar-refractivity contribution >= 4 is 28.1 Å². The largest absolute Gasteiger partial charge is 0.388 e. The molecule has 0 saturated heterocycles. The van der Waals surface area contributed by atoms with Crippen LogP contribution in [0.2, 0.25) is 5.02 Å². The van der Waals surface area contributed by atoms with Crippen molar-refractivity contribution in [3.05, 3.63) is 40.5 Å². The number of nitrogens with zero attached hydrogens (tertiary/aromatic N) is 3. The fourth-order valence-electron chi connectivity index (χ4n) is 1.75. The minimum absolute atomic E-state index is 0.194. The van der Waals surface area contributed by atoms with Crippen LogP contribution in [-0.2, 0) is 6.54 Å². The van der Waals surface area contributed by atoms with E-state index in [9.17, 15) is 0 Å². The first-order valence-corrected chi connectivity index (χ1v) is 6.76. The number of hydrogen-bond donors (Lipinski definition) is 1. The van der Waals surface area contributed by atoms with Crippen molar-refractivity contribution in [1.29, 1.82) is 0 Å². The summed E-state index contributed by atoms with van der Waals surface area (Å²) < 4.78 is 3.84. The number of halogens is 1. The number of rotatable bonds is 4. The Morgan fingerprint density at radius 1 is 1.44 bits per heavy atom. The zero-order valence-corrected chi connectivity index (χ0v) is 11.9. The molecule has 1 atom stereocenters. The van der Waals surface area contributed by atoms with Gasteiger partial charge in [-0.1, -0.05) is 34.3 Å². The summed E-state index contributed by atoms with van der Waals surface area (Å²) in [5, 5.41) is 5.48. The monoisotopic (exact) mass is 282 g/mol. The molecule has 1 aromatic heterocycles. The molecule has 0 spiro atoms. The summed E-state index contributed by atoms with van der Waals surface area (Å²) in [6.45, 7) is 2.77. The van der Waals surface area contributed by atoms with Crippen LogP contribution in [0, 0.1) is 0 Å². The minimum Gasteiger partial charge on any atom is -0.388 e. The summed E-state index contributed by atoms with van der Waals surface area (Å²) in [5.74, 6) is 0. The highest BCUT2D eigenvalue weighted by Crippen LogP contribution is 2.27. The molecule has 2 N–H and O–H groups in total. The van der Waals surface area contributed by atoms with Crippen molar-refractivity contribution in [2.45, 2.75) is 19.5 Å². The van der Waals surface area contributed by atoms with E-state index in [-0.39, 0.29) is 6.04 Å². The molecule has 0 saturated carbocycles. The highest BCUT2D eigenvalue weighted by molar-refractivity contribution is 7.09. The molecule has 2 rings (SSSR count). The maximum atomic E-state index is 6.20. The molecule has 0 bridgehead atoms. The predicted molar refractivity (Wildman–Crippen MR) is 75.7 cm³/mol. The Morgan fingerprint density at radius 2 is 2.17 bits per heavy atom. The summed E-state index contributed by atoms with van der Waals surface area (Å²) in [6, 6.07) is 8.05. The van der Waals surface area contributed by atoms with E-state index in [2.05, 4.69) is 21.4 Å². The molecule has 0 aliphatic heterocycles. The molecule has 0 aliphatic rings. The summed E-state index contributed by atoms with van der Waals surface area (Å²) in [7, 11) is 2.02. The van der Waals surface area contributed by atoms with Gasteiger partial charge >= 0.3 is 0 Å². The van der Waals surface area contributed by atoms with Gasteiger partial charge in [0.25, 0.3) is 0 Å². The van der Waals surface area contributed by atoms with Crippen LogP contribution >= 0.6 is 23.1 Å². The second-order valence-electron chi connectivity index (χ2n) is 4.20. The molecule has 6 heteroatoms. The van der Waals surface area contributed by atoms with Gasteiger partial charge in [-0.05, 0) is 25.6 Å². The van der Waals surface area contributed by atoms with Crippen molar-refractivity contribution in [3.8, 4) is 0 Å². The quantitative estimate of drug-likeness (QED) is 0.937. The zero-order valence-electron chi connectivity index (χ0n) is 10.3. The van der Waals surface area contributed by atoms with Crippen molar-refractivity contribution in [3.63, 3.8) is 0 Å². The molecule has 18 heavy (non-hydrogen) atoms. The van der Waals surface area contributed by atoms with Gasteiger partial charge in [-0.3, -0.25) is 4.90 Å². The first-order chi connectivity index (χ1) is 8.59. The average molecular weight is 283 g/mol. The average Bonchev–Trinajstić information content (AvgIpc) is 2.75. The van der Waals surface area contributed by atoms with Crippen LogP contribution in [0.1, 0.15) is 24.2 Å². The van der Waals surface area contributed by atoms with Crippen molar-refractivity contribution < 1.29 is 0 Å². The van der Waals surface area contributed by atoms with Gasteiger partial charge in [-0.15, -0.1) is 5.10 Å². The van der Waals surface area contributed by atoms with Gasteiger partial charge in [-0.2, -0.15) is 0 Å². The van der Waals surface area contributed by atoms with Crippen LogP contribution in [0.3, 0.4) is 0 Å². The van der Waals surface area contributed by atoms with Crippen molar-refractivity contribution in [1.82, 2.24) is 14.5 Å². The lowest BCUT2D eigenvalue weighted by atomic mass is 10.1. The standard InChI is InChI=1S/C12H15ClN4S/c1-8(9-5-3-4-6-10(9)13)17(2)7-11-12(14)18-16-15-11/h3-6,8H,7,14H2,1-2H3. The molecule has 0 fully saturated rings. The summed E-state index contributed by atoms with van der Waals surface area (Å²) in [4.78, 5) is 2.15. The molecule has 4 nitrogen and oxygen atoms in total. The second-order valence-corrected chi connectivity index (χ2v) is 5.39. The van der Waals surface area contributed by atoms with Gasteiger partial charge in [0, 0.05) is 29.1 Å².